The Hall–Kier alpha value is -1.30. The molecule has 1 aliphatic heterocycles. The first kappa shape index (κ1) is 15.8. The zero-order chi connectivity index (χ0) is 14.4. The molecule has 1 N–H and O–H groups in total. The van der Waals surface area contributed by atoms with Crippen LogP contribution in [0.25, 0.3) is 0 Å². The van der Waals surface area contributed by atoms with Gasteiger partial charge in [-0.05, 0) is 12.8 Å². The molecule has 1 rings (SSSR count). The fourth-order valence-electron chi connectivity index (χ4n) is 2.24. The first-order valence-corrected chi connectivity index (χ1v) is 6.80. The summed E-state index contributed by atoms with van der Waals surface area (Å²) in [5.41, 5.74) is 0. The van der Waals surface area contributed by atoms with Crippen LogP contribution in [0.1, 0.15) is 27.2 Å². The molecule has 110 valence electrons. The summed E-state index contributed by atoms with van der Waals surface area (Å²) in [5.74, 6) is -0.511. The summed E-state index contributed by atoms with van der Waals surface area (Å²) < 4.78 is 5.28. The van der Waals surface area contributed by atoms with E-state index in [0.717, 1.165) is 0 Å². The van der Waals surface area contributed by atoms with E-state index < -0.39 is 5.97 Å². The second-order valence-electron chi connectivity index (χ2n) is 5.24. The van der Waals surface area contributed by atoms with Gasteiger partial charge >= 0.3 is 12.0 Å². The molecule has 1 fully saturated rings. The van der Waals surface area contributed by atoms with Crippen molar-refractivity contribution in [3.63, 3.8) is 0 Å². The van der Waals surface area contributed by atoms with Crippen molar-refractivity contribution in [3.8, 4) is 0 Å². The summed E-state index contributed by atoms with van der Waals surface area (Å²) in [6.45, 7) is 8.62. The maximum absolute atomic E-state index is 12.5. The van der Waals surface area contributed by atoms with Crippen LogP contribution in [0.3, 0.4) is 0 Å². The van der Waals surface area contributed by atoms with Gasteiger partial charge in [-0.25, -0.2) is 4.79 Å². The lowest BCUT2D eigenvalue weighted by molar-refractivity contribution is -0.139. The quantitative estimate of drug-likeness (QED) is 0.818. The van der Waals surface area contributed by atoms with E-state index in [9.17, 15) is 9.59 Å². The fourth-order valence-corrected chi connectivity index (χ4v) is 2.24. The van der Waals surface area contributed by atoms with Crippen LogP contribution < -0.4 is 0 Å². The van der Waals surface area contributed by atoms with E-state index in [1.165, 1.54) is 0 Å². The summed E-state index contributed by atoms with van der Waals surface area (Å²) in [5, 5.41) is 8.90. The Morgan fingerprint density at radius 1 is 1.47 bits per heavy atom. The summed E-state index contributed by atoms with van der Waals surface area (Å²) >= 11 is 0. The van der Waals surface area contributed by atoms with Gasteiger partial charge in [-0.3, -0.25) is 4.79 Å². The van der Waals surface area contributed by atoms with E-state index >= 15 is 0 Å². The van der Waals surface area contributed by atoms with Crippen LogP contribution in [0, 0.1) is 5.92 Å². The predicted octanol–water partition coefficient (Wildman–Crippen LogP) is 1.26. The molecule has 6 heteroatoms. The summed E-state index contributed by atoms with van der Waals surface area (Å²) in [4.78, 5) is 26.7. The molecule has 1 atom stereocenters. The minimum absolute atomic E-state index is 0.0645. The van der Waals surface area contributed by atoms with Crippen molar-refractivity contribution in [3.05, 3.63) is 0 Å². The van der Waals surface area contributed by atoms with Crippen molar-refractivity contribution < 1.29 is 19.4 Å². The Morgan fingerprint density at radius 3 is 2.68 bits per heavy atom. The highest BCUT2D eigenvalue weighted by Crippen LogP contribution is 2.14. The van der Waals surface area contributed by atoms with Gasteiger partial charge in [0.15, 0.2) is 0 Å². The van der Waals surface area contributed by atoms with E-state index in [2.05, 4.69) is 13.8 Å². The van der Waals surface area contributed by atoms with Crippen molar-refractivity contribution in [2.75, 3.05) is 32.8 Å². The minimum atomic E-state index is -0.903. The number of amides is 2. The Morgan fingerprint density at radius 2 is 2.16 bits per heavy atom. The van der Waals surface area contributed by atoms with Gasteiger partial charge in [-0.15, -0.1) is 0 Å². The normalized spacial score (nSPS) is 19.6. The van der Waals surface area contributed by atoms with Gasteiger partial charge in [0.2, 0.25) is 0 Å². The number of morpholine rings is 1. The van der Waals surface area contributed by atoms with Crippen LogP contribution in [-0.2, 0) is 9.53 Å². The van der Waals surface area contributed by atoms with Gasteiger partial charge in [0, 0.05) is 19.6 Å². The molecule has 6 nitrogen and oxygen atoms in total. The SMILES string of the molecule is CCN(CC(C)C)C(=O)N1CCOCC1CC(=O)O. The molecule has 1 saturated heterocycles. The molecule has 0 bridgehead atoms. The van der Waals surface area contributed by atoms with Crippen LogP contribution in [0.4, 0.5) is 4.79 Å². The molecule has 0 aromatic carbocycles. The van der Waals surface area contributed by atoms with Crippen molar-refractivity contribution in [2.45, 2.75) is 33.2 Å². The smallest absolute Gasteiger partial charge is 0.320 e. The number of carbonyl (C=O) groups is 2. The summed E-state index contributed by atoms with van der Waals surface area (Å²) in [6.07, 6.45) is -0.0645. The number of hydrogen-bond acceptors (Lipinski definition) is 3. The third-order valence-corrected chi connectivity index (χ3v) is 3.12. The van der Waals surface area contributed by atoms with Crippen molar-refractivity contribution in [1.29, 1.82) is 0 Å². The van der Waals surface area contributed by atoms with E-state index in [0.29, 0.717) is 38.8 Å². The van der Waals surface area contributed by atoms with E-state index in [4.69, 9.17) is 9.84 Å². The van der Waals surface area contributed by atoms with Crippen LogP contribution in [-0.4, -0.2) is 65.8 Å². The first-order chi connectivity index (χ1) is 8.95. The largest absolute Gasteiger partial charge is 0.481 e. The van der Waals surface area contributed by atoms with E-state index in [1.807, 2.05) is 6.92 Å². The zero-order valence-corrected chi connectivity index (χ0v) is 12.0. The lowest BCUT2D eigenvalue weighted by Gasteiger charge is -2.38. The Kier molecular flexibility index (Phi) is 6.08. The highest BCUT2D eigenvalue weighted by Gasteiger charge is 2.31. The molecule has 1 aliphatic rings. The lowest BCUT2D eigenvalue weighted by Crippen LogP contribution is -2.54. The fraction of sp³-hybridized carbons (Fsp3) is 0.846. The maximum Gasteiger partial charge on any atom is 0.320 e. The number of urea groups is 1. The third kappa shape index (κ3) is 4.70. The van der Waals surface area contributed by atoms with Crippen molar-refractivity contribution in [1.82, 2.24) is 9.80 Å². The van der Waals surface area contributed by atoms with Gasteiger partial charge in [0.05, 0.1) is 25.7 Å². The third-order valence-electron chi connectivity index (χ3n) is 3.12. The first-order valence-electron chi connectivity index (χ1n) is 6.80. The number of ether oxygens (including phenoxy) is 1. The number of nitrogens with zero attached hydrogens (tertiary/aromatic N) is 2. The highest BCUT2D eigenvalue weighted by molar-refractivity contribution is 5.76. The number of aliphatic carboxylic acids is 1. The van der Waals surface area contributed by atoms with E-state index in [1.54, 1.807) is 9.80 Å². The molecular weight excluding hydrogens is 248 g/mol. The molecule has 0 radical (unpaired) electrons. The number of rotatable bonds is 5. The Balaban J connectivity index is 2.71. The zero-order valence-electron chi connectivity index (χ0n) is 12.0. The average Bonchev–Trinajstić information content (AvgIpc) is 2.35. The molecule has 0 saturated carbocycles. The Bertz CT molecular complexity index is 320. The number of carboxylic acid groups (broad SMARTS) is 1. The minimum Gasteiger partial charge on any atom is -0.481 e. The number of hydrogen-bond donors (Lipinski definition) is 1. The molecule has 0 aliphatic carbocycles. The van der Waals surface area contributed by atoms with Crippen molar-refractivity contribution in [2.24, 2.45) is 5.92 Å². The molecule has 19 heavy (non-hydrogen) atoms. The second-order valence-corrected chi connectivity index (χ2v) is 5.24. The molecule has 1 unspecified atom stereocenters. The van der Waals surface area contributed by atoms with Gasteiger partial charge in [0.1, 0.15) is 0 Å². The molecule has 0 aromatic heterocycles. The van der Waals surface area contributed by atoms with Crippen molar-refractivity contribution >= 4 is 12.0 Å². The topological polar surface area (TPSA) is 70.1 Å². The molecule has 0 spiro atoms. The number of carbonyl (C=O) groups excluding carboxylic acids is 1. The van der Waals surface area contributed by atoms with Crippen LogP contribution in [0.15, 0.2) is 0 Å². The summed E-state index contributed by atoms with van der Waals surface area (Å²) in [6, 6.07) is -0.439. The van der Waals surface area contributed by atoms with Gasteiger partial charge in [0.25, 0.3) is 0 Å². The van der Waals surface area contributed by atoms with Gasteiger partial charge in [-0.2, -0.15) is 0 Å². The standard InChI is InChI=1S/C13H24N2O4/c1-4-14(8-10(2)3)13(18)15-5-6-19-9-11(15)7-12(16)17/h10-11H,4-9H2,1-3H3,(H,16,17). The highest BCUT2D eigenvalue weighted by atomic mass is 16.5. The monoisotopic (exact) mass is 272 g/mol. The second kappa shape index (κ2) is 7.33. The summed E-state index contributed by atoms with van der Waals surface area (Å²) in [7, 11) is 0. The van der Waals surface area contributed by atoms with Crippen LogP contribution >= 0.6 is 0 Å². The Labute approximate surface area is 114 Å². The van der Waals surface area contributed by atoms with Gasteiger partial charge < -0.3 is 19.6 Å². The number of carboxylic acids is 1. The van der Waals surface area contributed by atoms with Crippen LogP contribution in [0.2, 0.25) is 0 Å². The maximum atomic E-state index is 12.5. The molecule has 1 heterocycles. The van der Waals surface area contributed by atoms with E-state index in [-0.39, 0.29) is 18.5 Å². The van der Waals surface area contributed by atoms with Crippen LogP contribution in [0.5, 0.6) is 0 Å². The average molecular weight is 272 g/mol. The molecule has 2 amide bonds. The lowest BCUT2D eigenvalue weighted by atomic mass is 10.1. The predicted molar refractivity (Wildman–Crippen MR) is 71.0 cm³/mol. The van der Waals surface area contributed by atoms with Gasteiger partial charge in [-0.1, -0.05) is 13.8 Å². The molecule has 0 aromatic rings. The molecular formula is C13H24N2O4.